The molecule has 5 nitrogen and oxygen atoms in total. The fraction of sp³-hybridized carbons (Fsp3) is 0.143. The molecule has 1 N–H and O–H groups in total. The molecule has 0 aliphatic heterocycles. The van der Waals surface area contributed by atoms with Crippen LogP contribution in [0.4, 0.5) is 0 Å². The zero-order valence-electron chi connectivity index (χ0n) is 10.3. The Balaban J connectivity index is 2.43. The topological polar surface area (TPSA) is 82.9 Å². The number of methoxy groups -OCH3 is 1. The highest BCUT2D eigenvalue weighted by Crippen LogP contribution is 2.25. The molecule has 0 bridgehead atoms. The Morgan fingerprint density at radius 1 is 1.32 bits per heavy atom. The predicted octanol–water partition coefficient (Wildman–Crippen LogP) is 1.93. The van der Waals surface area contributed by atoms with E-state index in [0.29, 0.717) is 5.56 Å². The van der Waals surface area contributed by atoms with Crippen molar-refractivity contribution in [2.75, 3.05) is 7.11 Å². The molecular formula is C14H12N2O3. The molecule has 2 aromatic rings. The van der Waals surface area contributed by atoms with Gasteiger partial charge in [-0.1, -0.05) is 24.3 Å². The second-order valence-electron chi connectivity index (χ2n) is 4.04. The van der Waals surface area contributed by atoms with E-state index in [1.807, 2.05) is 24.3 Å². The highest BCUT2D eigenvalue weighted by Gasteiger charge is 2.22. The van der Waals surface area contributed by atoms with Gasteiger partial charge in [-0.2, -0.15) is 4.79 Å². The third-order valence-electron chi connectivity index (χ3n) is 2.85. The minimum Gasteiger partial charge on any atom is -0.508 e. The largest absolute Gasteiger partial charge is 0.508 e. The van der Waals surface area contributed by atoms with Gasteiger partial charge < -0.3 is 15.4 Å². The maximum Gasteiger partial charge on any atom is 0.416 e. The number of nitrogens with zero attached hydrogens (tertiary/aromatic N) is 2. The van der Waals surface area contributed by atoms with Crippen LogP contribution in [0.3, 0.4) is 0 Å². The van der Waals surface area contributed by atoms with E-state index in [1.165, 1.54) is 7.11 Å². The number of aromatic hydroxyl groups is 1. The van der Waals surface area contributed by atoms with E-state index in [9.17, 15) is 9.90 Å². The molecule has 5 heteroatoms. The van der Waals surface area contributed by atoms with Crippen molar-refractivity contribution < 1.29 is 19.4 Å². The van der Waals surface area contributed by atoms with Crippen LogP contribution in [0.25, 0.3) is 16.3 Å². The summed E-state index contributed by atoms with van der Waals surface area (Å²) < 4.78 is 4.49. The zero-order chi connectivity index (χ0) is 13.8. The first kappa shape index (κ1) is 12.8. The molecule has 0 spiro atoms. The third-order valence-corrected chi connectivity index (χ3v) is 2.85. The van der Waals surface area contributed by atoms with Crippen LogP contribution in [0, 0.1) is 0 Å². The molecule has 2 aromatic carbocycles. The normalized spacial score (nSPS) is 9.95. The maximum absolute atomic E-state index is 11.3. The summed E-state index contributed by atoms with van der Waals surface area (Å²) in [4.78, 5) is 14.2. The van der Waals surface area contributed by atoms with Gasteiger partial charge in [0.25, 0.3) is 0 Å². The SMILES string of the molecule is COC(=O)C(Cc1cc2ccccc2cc1O)=[N+]=[N-]. The van der Waals surface area contributed by atoms with E-state index in [4.69, 9.17) is 5.53 Å². The maximum atomic E-state index is 11.3. The van der Waals surface area contributed by atoms with Gasteiger partial charge in [-0.3, -0.25) is 0 Å². The standard InChI is InChI=1S/C14H12N2O3/c1-19-14(18)12(16-15)7-11-6-9-4-2-3-5-10(9)8-13(11)17/h2-6,8,17H,7H2,1H3. The summed E-state index contributed by atoms with van der Waals surface area (Å²) in [6.45, 7) is 0. The Morgan fingerprint density at radius 3 is 2.53 bits per heavy atom. The lowest BCUT2D eigenvalue weighted by Gasteiger charge is -2.04. The summed E-state index contributed by atoms with van der Waals surface area (Å²) in [5.74, 6) is -0.682. The minimum absolute atomic E-state index is 0.000158. The van der Waals surface area contributed by atoms with Crippen LogP contribution in [0.1, 0.15) is 5.56 Å². The van der Waals surface area contributed by atoms with E-state index >= 15 is 0 Å². The number of phenols is 1. The van der Waals surface area contributed by atoms with E-state index in [-0.39, 0.29) is 17.9 Å². The van der Waals surface area contributed by atoms with Crippen LogP contribution < -0.4 is 0 Å². The predicted molar refractivity (Wildman–Crippen MR) is 70.0 cm³/mol. The molecule has 2 rings (SSSR count). The molecule has 0 unspecified atom stereocenters. The van der Waals surface area contributed by atoms with Gasteiger partial charge in [0.05, 0.1) is 13.5 Å². The van der Waals surface area contributed by atoms with Crippen LogP contribution in [0.15, 0.2) is 36.4 Å². The Morgan fingerprint density at radius 2 is 1.95 bits per heavy atom. The van der Waals surface area contributed by atoms with Crippen LogP contribution in [0.5, 0.6) is 5.75 Å². The first-order valence-corrected chi connectivity index (χ1v) is 5.65. The van der Waals surface area contributed by atoms with E-state index in [2.05, 4.69) is 9.53 Å². The molecule has 0 heterocycles. The lowest BCUT2D eigenvalue weighted by molar-refractivity contribution is -0.137. The Bertz CT molecular complexity index is 688. The van der Waals surface area contributed by atoms with Gasteiger partial charge in [-0.25, -0.2) is 4.79 Å². The highest BCUT2D eigenvalue weighted by atomic mass is 16.5. The first-order chi connectivity index (χ1) is 9.15. The summed E-state index contributed by atoms with van der Waals surface area (Å²) in [6.07, 6.45) is -0.000158. The molecule has 0 aromatic heterocycles. The van der Waals surface area contributed by atoms with Crippen LogP contribution >= 0.6 is 0 Å². The first-order valence-electron chi connectivity index (χ1n) is 5.65. The lowest BCUT2D eigenvalue weighted by Crippen LogP contribution is -2.19. The molecular weight excluding hydrogens is 244 g/mol. The Labute approximate surface area is 109 Å². The van der Waals surface area contributed by atoms with Crippen molar-refractivity contribution in [3.63, 3.8) is 0 Å². The van der Waals surface area contributed by atoms with Gasteiger partial charge in [0.15, 0.2) is 0 Å². The van der Waals surface area contributed by atoms with Crippen molar-refractivity contribution in [3.05, 3.63) is 47.5 Å². The van der Waals surface area contributed by atoms with Crippen LogP contribution in [-0.2, 0) is 16.0 Å². The van der Waals surface area contributed by atoms with Gasteiger partial charge >= 0.3 is 11.7 Å². The van der Waals surface area contributed by atoms with Gasteiger partial charge in [0.1, 0.15) is 5.75 Å². The van der Waals surface area contributed by atoms with Crippen molar-refractivity contribution >= 4 is 22.5 Å². The van der Waals surface area contributed by atoms with Crippen molar-refractivity contribution in [2.24, 2.45) is 0 Å². The smallest absolute Gasteiger partial charge is 0.416 e. The molecule has 96 valence electrons. The highest BCUT2D eigenvalue weighted by molar-refractivity contribution is 6.34. The number of fused-ring (bicyclic) bond motifs is 1. The number of hydrogen-bond donors (Lipinski definition) is 1. The number of esters is 1. The summed E-state index contributed by atoms with van der Waals surface area (Å²) in [5.41, 5.74) is 9.14. The van der Waals surface area contributed by atoms with Gasteiger partial charge in [-0.15, -0.1) is 0 Å². The quantitative estimate of drug-likeness (QED) is 0.394. The number of phenolic OH excluding ortho intramolecular Hbond substituents is 1. The van der Waals surface area contributed by atoms with Crippen molar-refractivity contribution in [2.45, 2.75) is 6.42 Å². The number of carbonyl (C=O) groups excluding carboxylic acids is 1. The molecule has 0 atom stereocenters. The van der Waals surface area contributed by atoms with E-state index in [1.54, 1.807) is 12.1 Å². The molecule has 0 amide bonds. The summed E-state index contributed by atoms with van der Waals surface area (Å²) in [6, 6.07) is 10.9. The minimum atomic E-state index is -0.727. The number of ether oxygens (including phenoxy) is 1. The Kier molecular flexibility index (Phi) is 3.59. The molecule has 0 radical (unpaired) electrons. The molecule has 0 aliphatic carbocycles. The van der Waals surface area contributed by atoms with E-state index in [0.717, 1.165) is 10.8 Å². The Hall–Kier alpha value is -2.65. The molecule has 19 heavy (non-hydrogen) atoms. The van der Waals surface area contributed by atoms with Crippen molar-refractivity contribution in [1.82, 2.24) is 0 Å². The molecule has 0 aliphatic rings. The molecule has 0 saturated heterocycles. The number of carbonyl (C=O) groups is 1. The average molecular weight is 256 g/mol. The third kappa shape index (κ3) is 2.61. The van der Waals surface area contributed by atoms with Gasteiger partial charge in [0.2, 0.25) is 0 Å². The van der Waals surface area contributed by atoms with Crippen LogP contribution in [0.2, 0.25) is 0 Å². The fourth-order valence-corrected chi connectivity index (χ4v) is 1.86. The van der Waals surface area contributed by atoms with Crippen LogP contribution in [-0.4, -0.2) is 28.7 Å². The van der Waals surface area contributed by atoms with Gasteiger partial charge in [0, 0.05) is 5.56 Å². The second kappa shape index (κ2) is 5.33. The number of hydrogen-bond acceptors (Lipinski definition) is 3. The average Bonchev–Trinajstić information content (AvgIpc) is 2.44. The summed E-state index contributed by atoms with van der Waals surface area (Å²) in [5, 5.41) is 11.7. The zero-order valence-corrected chi connectivity index (χ0v) is 10.3. The fourth-order valence-electron chi connectivity index (χ4n) is 1.86. The summed E-state index contributed by atoms with van der Waals surface area (Å²) >= 11 is 0. The monoisotopic (exact) mass is 256 g/mol. The molecule has 0 fully saturated rings. The van der Waals surface area contributed by atoms with E-state index < -0.39 is 5.97 Å². The van der Waals surface area contributed by atoms with Gasteiger partial charge in [-0.05, 0) is 22.9 Å². The summed E-state index contributed by atoms with van der Waals surface area (Å²) in [7, 11) is 1.20. The number of benzene rings is 2. The lowest BCUT2D eigenvalue weighted by atomic mass is 10.0. The van der Waals surface area contributed by atoms with Crippen molar-refractivity contribution in [3.8, 4) is 5.75 Å². The van der Waals surface area contributed by atoms with Crippen molar-refractivity contribution in [1.29, 1.82) is 0 Å². The molecule has 0 saturated carbocycles. The number of rotatable bonds is 3. The second-order valence-corrected chi connectivity index (χ2v) is 4.04.